The zero-order chi connectivity index (χ0) is 13.1. The molecule has 0 saturated carbocycles. The molecule has 0 amide bonds. The third-order valence-electron chi connectivity index (χ3n) is 2.02. The second-order valence-corrected chi connectivity index (χ2v) is 3.20. The molecule has 0 aliphatic carbocycles. The van der Waals surface area contributed by atoms with Crippen LogP contribution in [0.4, 0.5) is 17.6 Å². The normalized spacial score (nSPS) is 11.1. The van der Waals surface area contributed by atoms with E-state index in [1.165, 1.54) is 6.92 Å². The fourth-order valence-electron chi connectivity index (χ4n) is 1.34. The molecule has 0 aliphatic rings. The maximum Gasteiger partial charge on any atom is 0.574 e. The molecule has 17 heavy (non-hydrogen) atoms. The van der Waals surface area contributed by atoms with Crippen molar-refractivity contribution in [1.29, 1.82) is 5.26 Å². The largest absolute Gasteiger partial charge is 0.574 e. The van der Waals surface area contributed by atoms with Crippen molar-refractivity contribution in [3.8, 4) is 11.9 Å². The van der Waals surface area contributed by atoms with E-state index >= 15 is 0 Å². The quantitative estimate of drug-likeness (QED) is 0.772. The minimum absolute atomic E-state index is 0.0155. The minimum Gasteiger partial charge on any atom is -0.388 e. The number of nitrogens with zero attached hydrogens (tertiary/aromatic N) is 2. The Hall–Kier alpha value is -1.84. The standard InChI is InChI=1S/C10H8F4N2O/c1-6-8(2-3-15)7(5-11)4-9(16-6)17-10(12,13)14/h4H,2,5H2,1H3. The van der Waals surface area contributed by atoms with Gasteiger partial charge >= 0.3 is 6.36 Å². The first-order chi connectivity index (χ1) is 7.87. The average Bonchev–Trinajstić information content (AvgIpc) is 2.19. The molecule has 0 spiro atoms. The van der Waals surface area contributed by atoms with Crippen LogP contribution in [-0.2, 0) is 13.1 Å². The highest BCUT2D eigenvalue weighted by atomic mass is 19.4. The molecule has 0 fully saturated rings. The van der Waals surface area contributed by atoms with E-state index in [1.807, 2.05) is 0 Å². The van der Waals surface area contributed by atoms with Gasteiger partial charge in [-0.1, -0.05) is 0 Å². The van der Waals surface area contributed by atoms with Gasteiger partial charge in [0.1, 0.15) is 6.67 Å². The minimum atomic E-state index is -4.87. The van der Waals surface area contributed by atoms with E-state index in [4.69, 9.17) is 5.26 Å². The first kappa shape index (κ1) is 13.2. The van der Waals surface area contributed by atoms with E-state index in [2.05, 4.69) is 9.72 Å². The van der Waals surface area contributed by atoms with Gasteiger partial charge in [0.05, 0.1) is 12.5 Å². The average molecular weight is 248 g/mol. The van der Waals surface area contributed by atoms with Crippen molar-refractivity contribution >= 4 is 0 Å². The van der Waals surface area contributed by atoms with Crippen molar-refractivity contribution < 1.29 is 22.3 Å². The fourth-order valence-corrected chi connectivity index (χ4v) is 1.34. The third kappa shape index (κ3) is 3.59. The van der Waals surface area contributed by atoms with Crippen LogP contribution in [-0.4, -0.2) is 11.3 Å². The van der Waals surface area contributed by atoms with Crippen LogP contribution in [0.2, 0.25) is 0 Å². The van der Waals surface area contributed by atoms with Crippen molar-refractivity contribution in [2.45, 2.75) is 26.4 Å². The lowest BCUT2D eigenvalue weighted by molar-refractivity contribution is -0.276. The first-order valence-electron chi connectivity index (χ1n) is 4.55. The lowest BCUT2D eigenvalue weighted by Gasteiger charge is -2.12. The molecule has 7 heteroatoms. The van der Waals surface area contributed by atoms with Gasteiger partial charge in [-0.3, -0.25) is 0 Å². The van der Waals surface area contributed by atoms with Crippen LogP contribution in [0.15, 0.2) is 6.07 Å². The lowest BCUT2D eigenvalue weighted by Crippen LogP contribution is -2.18. The number of alkyl halides is 4. The molecule has 1 aromatic rings. The van der Waals surface area contributed by atoms with Gasteiger partial charge in [0.15, 0.2) is 0 Å². The van der Waals surface area contributed by atoms with E-state index in [1.54, 1.807) is 6.07 Å². The highest BCUT2D eigenvalue weighted by molar-refractivity contribution is 5.36. The molecule has 1 heterocycles. The number of ether oxygens (including phenoxy) is 1. The number of nitriles is 1. The predicted molar refractivity (Wildman–Crippen MR) is 49.8 cm³/mol. The van der Waals surface area contributed by atoms with Crippen LogP contribution < -0.4 is 4.74 Å². The lowest BCUT2D eigenvalue weighted by atomic mass is 10.1. The number of hydrogen-bond acceptors (Lipinski definition) is 3. The second-order valence-electron chi connectivity index (χ2n) is 3.20. The number of hydrogen-bond donors (Lipinski definition) is 0. The van der Waals surface area contributed by atoms with E-state index in [9.17, 15) is 17.6 Å². The molecule has 0 bridgehead atoms. The Morgan fingerprint density at radius 2 is 2.12 bits per heavy atom. The molecule has 0 saturated heterocycles. The highest BCUT2D eigenvalue weighted by Gasteiger charge is 2.32. The first-order valence-corrected chi connectivity index (χ1v) is 4.55. The molecular formula is C10H8F4N2O. The Morgan fingerprint density at radius 1 is 1.47 bits per heavy atom. The van der Waals surface area contributed by atoms with Crippen LogP contribution in [0.1, 0.15) is 16.8 Å². The number of halogens is 4. The van der Waals surface area contributed by atoms with Gasteiger partial charge in [0.2, 0.25) is 5.88 Å². The van der Waals surface area contributed by atoms with Crippen LogP contribution in [0.3, 0.4) is 0 Å². The van der Waals surface area contributed by atoms with E-state index < -0.39 is 18.9 Å². The molecule has 1 rings (SSSR count). The monoisotopic (exact) mass is 248 g/mol. The summed E-state index contributed by atoms with van der Waals surface area (Å²) in [6, 6.07) is 2.65. The van der Waals surface area contributed by atoms with Gasteiger partial charge in [-0.25, -0.2) is 9.37 Å². The van der Waals surface area contributed by atoms with Gasteiger partial charge < -0.3 is 4.74 Å². The van der Waals surface area contributed by atoms with E-state index in [0.717, 1.165) is 6.07 Å². The predicted octanol–water partition coefficient (Wildman–Crippen LogP) is 2.82. The second kappa shape index (κ2) is 4.99. The van der Waals surface area contributed by atoms with Gasteiger partial charge in [-0.15, -0.1) is 13.2 Å². The summed E-state index contributed by atoms with van der Waals surface area (Å²) in [5.74, 6) is -0.718. The van der Waals surface area contributed by atoms with Crippen molar-refractivity contribution in [3.05, 3.63) is 22.9 Å². The van der Waals surface area contributed by atoms with Crippen LogP contribution in [0.5, 0.6) is 5.88 Å². The molecule has 0 N–H and O–H groups in total. The van der Waals surface area contributed by atoms with Crippen LogP contribution in [0.25, 0.3) is 0 Å². The maximum absolute atomic E-state index is 12.6. The van der Waals surface area contributed by atoms with Crippen molar-refractivity contribution in [2.24, 2.45) is 0 Å². The number of pyridine rings is 1. The molecule has 1 aromatic heterocycles. The van der Waals surface area contributed by atoms with Crippen LogP contribution in [0, 0.1) is 18.3 Å². The summed E-state index contributed by atoms with van der Waals surface area (Å²) >= 11 is 0. The molecular weight excluding hydrogens is 240 g/mol. The van der Waals surface area contributed by atoms with E-state index in [-0.39, 0.29) is 17.7 Å². The third-order valence-corrected chi connectivity index (χ3v) is 2.02. The zero-order valence-corrected chi connectivity index (χ0v) is 8.81. The van der Waals surface area contributed by atoms with Crippen molar-refractivity contribution in [2.75, 3.05) is 0 Å². The summed E-state index contributed by atoms with van der Waals surface area (Å²) in [5.41, 5.74) is 0.434. The van der Waals surface area contributed by atoms with Crippen molar-refractivity contribution in [3.63, 3.8) is 0 Å². The summed E-state index contributed by atoms with van der Waals surface area (Å²) in [6.45, 7) is 0.420. The summed E-state index contributed by atoms with van der Waals surface area (Å²) in [6.07, 6.45) is -4.98. The SMILES string of the molecule is Cc1nc(OC(F)(F)F)cc(CF)c1CC#N. The summed E-state index contributed by atoms with van der Waals surface area (Å²) in [5, 5.41) is 8.51. The molecule has 0 aliphatic heterocycles. The fraction of sp³-hybridized carbons (Fsp3) is 0.400. The molecule has 92 valence electrons. The number of aromatic nitrogens is 1. The summed E-state index contributed by atoms with van der Waals surface area (Å²) in [7, 11) is 0. The van der Waals surface area contributed by atoms with Gasteiger partial charge in [-0.2, -0.15) is 5.26 Å². The molecule has 0 unspecified atom stereocenters. The Balaban J connectivity index is 3.14. The van der Waals surface area contributed by atoms with Crippen molar-refractivity contribution in [1.82, 2.24) is 4.98 Å². The smallest absolute Gasteiger partial charge is 0.388 e. The van der Waals surface area contributed by atoms with Crippen LogP contribution >= 0.6 is 0 Å². The number of aryl methyl sites for hydroxylation is 1. The Bertz CT molecular complexity index is 451. The molecule has 0 atom stereocenters. The summed E-state index contributed by atoms with van der Waals surface area (Å²) < 4.78 is 52.1. The molecule has 0 aromatic carbocycles. The zero-order valence-electron chi connectivity index (χ0n) is 8.81. The summed E-state index contributed by atoms with van der Waals surface area (Å²) in [4.78, 5) is 3.53. The highest BCUT2D eigenvalue weighted by Crippen LogP contribution is 2.25. The maximum atomic E-state index is 12.6. The van der Waals surface area contributed by atoms with Gasteiger partial charge in [-0.05, 0) is 18.1 Å². The Morgan fingerprint density at radius 3 is 2.59 bits per heavy atom. The Labute approximate surface area is 94.6 Å². The Kier molecular flexibility index (Phi) is 3.89. The topological polar surface area (TPSA) is 45.9 Å². The van der Waals surface area contributed by atoms with E-state index in [0.29, 0.717) is 5.56 Å². The molecule has 3 nitrogen and oxygen atoms in total. The number of rotatable bonds is 3. The van der Waals surface area contributed by atoms with Gasteiger partial charge in [0.25, 0.3) is 0 Å². The van der Waals surface area contributed by atoms with Gasteiger partial charge in [0, 0.05) is 11.8 Å². The molecule has 0 radical (unpaired) electrons.